The molecule has 0 unspecified atom stereocenters. The van der Waals surface area contributed by atoms with Crippen LogP contribution in [0.1, 0.15) is 25.7 Å². The van der Waals surface area contributed by atoms with Gasteiger partial charge in [0.05, 0.1) is 0 Å². The second-order valence-corrected chi connectivity index (χ2v) is 9.23. The molecule has 104 valence electrons. The molecular formula is C9H10O8P2. The van der Waals surface area contributed by atoms with Gasteiger partial charge in [0, 0.05) is 31.1 Å². The number of hydrogen-bond acceptors (Lipinski definition) is 6. The van der Waals surface area contributed by atoms with Crippen molar-refractivity contribution in [2.24, 2.45) is 5.41 Å². The van der Waals surface area contributed by atoms with Crippen molar-refractivity contribution in [1.29, 1.82) is 0 Å². The Labute approximate surface area is 107 Å². The zero-order chi connectivity index (χ0) is 14.6. The van der Waals surface area contributed by atoms with E-state index in [1.54, 1.807) is 0 Å². The SMILES string of the molecule is O=C1CC2(CC(=O)P1(=O)O)CC(=O)P(=O)(O)C(=O)C2. The van der Waals surface area contributed by atoms with Gasteiger partial charge < -0.3 is 9.79 Å². The molecule has 0 atom stereocenters. The van der Waals surface area contributed by atoms with Crippen LogP contribution in [0.3, 0.4) is 0 Å². The van der Waals surface area contributed by atoms with Crippen LogP contribution in [0.4, 0.5) is 0 Å². The fourth-order valence-corrected chi connectivity index (χ4v) is 5.12. The zero-order valence-corrected chi connectivity index (χ0v) is 11.4. The molecule has 19 heavy (non-hydrogen) atoms. The average molecular weight is 308 g/mol. The van der Waals surface area contributed by atoms with Gasteiger partial charge in [-0.25, -0.2) is 0 Å². The van der Waals surface area contributed by atoms with Crippen LogP contribution in [-0.2, 0) is 28.3 Å². The Morgan fingerprint density at radius 2 is 0.895 bits per heavy atom. The third kappa shape index (κ3) is 2.09. The van der Waals surface area contributed by atoms with Gasteiger partial charge in [0.15, 0.2) is 0 Å². The largest absolute Gasteiger partial charge is 0.334 e. The number of hydrogen-bond donors (Lipinski definition) is 2. The maximum absolute atomic E-state index is 11.5. The Hall–Kier alpha value is -0.940. The van der Waals surface area contributed by atoms with Gasteiger partial charge in [-0.15, -0.1) is 0 Å². The summed E-state index contributed by atoms with van der Waals surface area (Å²) in [5.41, 5.74) is -6.24. The summed E-state index contributed by atoms with van der Waals surface area (Å²) in [6.45, 7) is 0. The van der Waals surface area contributed by atoms with Gasteiger partial charge in [0.25, 0.3) is 0 Å². The third-order valence-corrected chi connectivity index (χ3v) is 6.79. The quantitative estimate of drug-likeness (QED) is 0.604. The Kier molecular flexibility index (Phi) is 3.07. The molecule has 2 rings (SSSR count). The van der Waals surface area contributed by atoms with Crippen molar-refractivity contribution in [3.63, 3.8) is 0 Å². The lowest BCUT2D eigenvalue weighted by atomic mass is 9.76. The van der Waals surface area contributed by atoms with Crippen molar-refractivity contribution in [2.75, 3.05) is 0 Å². The van der Waals surface area contributed by atoms with Crippen molar-refractivity contribution < 1.29 is 38.1 Å². The highest BCUT2D eigenvalue weighted by Gasteiger charge is 2.58. The number of carbonyl (C=O) groups is 4. The van der Waals surface area contributed by atoms with E-state index in [9.17, 15) is 38.1 Å². The van der Waals surface area contributed by atoms with Crippen molar-refractivity contribution >= 4 is 36.8 Å². The first kappa shape index (κ1) is 14.5. The lowest BCUT2D eigenvalue weighted by molar-refractivity contribution is -0.128. The predicted octanol–water partition coefficient (Wildman–Crippen LogP) is 0.208. The molecular weight excluding hydrogens is 298 g/mol. The van der Waals surface area contributed by atoms with E-state index < -0.39 is 67.9 Å². The summed E-state index contributed by atoms with van der Waals surface area (Å²) in [6.07, 6.45) is -2.32. The Balaban J connectivity index is 2.38. The topological polar surface area (TPSA) is 143 Å². The van der Waals surface area contributed by atoms with Gasteiger partial charge in [-0.3, -0.25) is 28.3 Å². The average Bonchev–Trinajstić information content (AvgIpc) is 2.24. The second kappa shape index (κ2) is 4.03. The summed E-state index contributed by atoms with van der Waals surface area (Å²) >= 11 is 0. The van der Waals surface area contributed by atoms with Crippen molar-refractivity contribution in [3.05, 3.63) is 0 Å². The molecule has 10 heteroatoms. The highest BCUT2D eigenvalue weighted by atomic mass is 31.2. The van der Waals surface area contributed by atoms with Crippen LogP contribution in [0.25, 0.3) is 0 Å². The van der Waals surface area contributed by atoms with E-state index >= 15 is 0 Å². The summed E-state index contributed by atoms with van der Waals surface area (Å²) in [7, 11) is -9.13. The summed E-state index contributed by atoms with van der Waals surface area (Å²) in [6, 6.07) is 0. The summed E-state index contributed by atoms with van der Waals surface area (Å²) in [4.78, 5) is 64.4. The first-order valence-electron chi connectivity index (χ1n) is 5.30. The van der Waals surface area contributed by atoms with Crippen LogP contribution in [0.15, 0.2) is 0 Å². The van der Waals surface area contributed by atoms with Crippen molar-refractivity contribution in [1.82, 2.24) is 0 Å². The fourth-order valence-electron chi connectivity index (χ4n) is 2.36. The summed E-state index contributed by atoms with van der Waals surface area (Å²) in [5.74, 6) is 0. The molecule has 2 aliphatic rings. The Bertz CT molecular complexity index is 516. The van der Waals surface area contributed by atoms with Gasteiger partial charge in [-0.1, -0.05) is 0 Å². The highest BCUT2D eigenvalue weighted by molar-refractivity contribution is 7.90. The standard InChI is InChI=1S/C9H10O8P2/c10-5-1-9(2-6(11)18(5,14)15)3-7(12)19(16,17)8(13)4-9/h1-4H2,(H,14,15)(H,16,17). The summed E-state index contributed by atoms with van der Waals surface area (Å²) in [5, 5.41) is 0. The predicted molar refractivity (Wildman–Crippen MR) is 60.6 cm³/mol. The first-order valence-corrected chi connectivity index (χ1v) is 8.62. The van der Waals surface area contributed by atoms with E-state index in [1.165, 1.54) is 0 Å². The molecule has 2 N–H and O–H groups in total. The van der Waals surface area contributed by atoms with Gasteiger partial charge in [-0.2, -0.15) is 0 Å². The molecule has 0 bridgehead atoms. The maximum Gasteiger partial charge on any atom is 0.328 e. The molecule has 0 saturated carbocycles. The second-order valence-electron chi connectivity index (χ2n) is 4.93. The minimum atomic E-state index is -4.57. The molecule has 1 spiro atoms. The van der Waals surface area contributed by atoms with E-state index in [4.69, 9.17) is 0 Å². The lowest BCUT2D eigenvalue weighted by Gasteiger charge is -2.38. The molecule has 0 aromatic carbocycles. The molecule has 8 nitrogen and oxygen atoms in total. The molecule has 0 aromatic rings. The zero-order valence-electron chi connectivity index (χ0n) is 9.57. The van der Waals surface area contributed by atoms with Crippen LogP contribution < -0.4 is 0 Å². The van der Waals surface area contributed by atoms with Crippen molar-refractivity contribution in [3.8, 4) is 0 Å². The van der Waals surface area contributed by atoms with Crippen LogP contribution in [0.5, 0.6) is 0 Å². The van der Waals surface area contributed by atoms with Gasteiger partial charge in [0.2, 0.25) is 22.1 Å². The van der Waals surface area contributed by atoms with Gasteiger partial charge in [-0.05, 0) is 0 Å². The van der Waals surface area contributed by atoms with Crippen LogP contribution in [0.2, 0.25) is 0 Å². The number of carbonyl (C=O) groups excluding carboxylic acids is 4. The van der Waals surface area contributed by atoms with Crippen LogP contribution in [0, 0.1) is 5.41 Å². The van der Waals surface area contributed by atoms with E-state index in [-0.39, 0.29) is 0 Å². The fraction of sp³-hybridized carbons (Fsp3) is 0.556. The van der Waals surface area contributed by atoms with Crippen molar-refractivity contribution in [2.45, 2.75) is 25.7 Å². The molecule has 2 saturated heterocycles. The van der Waals surface area contributed by atoms with Crippen LogP contribution >= 0.6 is 14.7 Å². The van der Waals surface area contributed by atoms with Gasteiger partial charge >= 0.3 is 14.7 Å². The smallest absolute Gasteiger partial charge is 0.328 e. The summed E-state index contributed by atoms with van der Waals surface area (Å²) < 4.78 is 22.8. The maximum atomic E-state index is 11.5. The molecule has 0 radical (unpaired) electrons. The third-order valence-electron chi connectivity index (χ3n) is 3.46. The molecule has 0 amide bonds. The Morgan fingerprint density at radius 3 is 1.11 bits per heavy atom. The van der Waals surface area contributed by atoms with Gasteiger partial charge in [0.1, 0.15) is 0 Å². The number of rotatable bonds is 0. The Morgan fingerprint density at radius 1 is 0.684 bits per heavy atom. The van der Waals surface area contributed by atoms with E-state index in [0.29, 0.717) is 0 Å². The molecule has 2 heterocycles. The van der Waals surface area contributed by atoms with Crippen LogP contribution in [-0.4, -0.2) is 31.9 Å². The normalized spacial score (nSPS) is 43.9. The van der Waals surface area contributed by atoms with E-state index in [2.05, 4.69) is 0 Å². The molecule has 0 aliphatic carbocycles. The molecule has 2 fully saturated rings. The highest BCUT2D eigenvalue weighted by Crippen LogP contribution is 2.62. The first-order chi connectivity index (χ1) is 8.51. The van der Waals surface area contributed by atoms with E-state index in [1.807, 2.05) is 0 Å². The lowest BCUT2D eigenvalue weighted by Crippen LogP contribution is -2.40. The minimum Gasteiger partial charge on any atom is -0.334 e. The minimum absolute atomic E-state index is 0.579. The van der Waals surface area contributed by atoms with E-state index in [0.717, 1.165) is 0 Å². The molecule has 0 aromatic heterocycles. The monoisotopic (exact) mass is 308 g/mol. The molecule has 2 aliphatic heterocycles.